The molecule has 0 fully saturated rings. The van der Waals surface area contributed by atoms with Gasteiger partial charge in [0.05, 0.1) is 0 Å². The number of benzene rings is 1. The number of carboxylic acids is 1. The second kappa shape index (κ2) is 4.02. The van der Waals surface area contributed by atoms with Crippen LogP contribution in [0, 0.1) is 11.6 Å². The molecule has 0 saturated heterocycles. The van der Waals surface area contributed by atoms with Crippen molar-refractivity contribution in [3.8, 4) is 10.4 Å². The maximum absolute atomic E-state index is 13.4. The summed E-state index contributed by atoms with van der Waals surface area (Å²) in [4.78, 5) is 11.2. The lowest BCUT2D eigenvalue weighted by Gasteiger charge is -1.99. The summed E-state index contributed by atoms with van der Waals surface area (Å²) in [6.45, 7) is 0. The lowest BCUT2D eigenvalue weighted by molar-refractivity contribution is 0.0702. The van der Waals surface area contributed by atoms with Gasteiger partial charge in [-0.3, -0.25) is 0 Å². The summed E-state index contributed by atoms with van der Waals surface area (Å²) in [5.74, 6) is -2.41. The summed E-state index contributed by atoms with van der Waals surface area (Å²) in [5.41, 5.74) is 0.207. The highest BCUT2D eigenvalue weighted by Gasteiger charge is 2.11. The number of halogens is 2. The minimum atomic E-state index is -1.06. The molecule has 1 aromatic carbocycles. The van der Waals surface area contributed by atoms with Crippen molar-refractivity contribution in [2.45, 2.75) is 0 Å². The molecule has 1 N–H and O–H groups in total. The summed E-state index contributed by atoms with van der Waals surface area (Å²) in [6.07, 6.45) is 0. The second-order valence-electron chi connectivity index (χ2n) is 3.09. The molecule has 0 amide bonds. The molecule has 1 aromatic heterocycles. The average Bonchev–Trinajstić information content (AvgIpc) is 2.66. The molecule has 0 bridgehead atoms. The maximum atomic E-state index is 13.4. The number of carboxylic acid groups (broad SMARTS) is 1. The standard InChI is InChI=1S/C11H6F2O2S/c12-6-1-2-7(8(13)5-6)9-3-4-10(16-9)11(14)15/h1-5H,(H,14,15). The van der Waals surface area contributed by atoms with Gasteiger partial charge in [-0.1, -0.05) is 0 Å². The number of thiophene rings is 1. The molecule has 82 valence electrons. The molecule has 0 spiro atoms. The molecular formula is C11H6F2O2S. The molecule has 0 aliphatic rings. The number of rotatable bonds is 2. The lowest BCUT2D eigenvalue weighted by atomic mass is 10.2. The zero-order valence-corrected chi connectivity index (χ0v) is 8.72. The number of aromatic carboxylic acids is 1. The summed E-state index contributed by atoms with van der Waals surface area (Å²) >= 11 is 0.952. The Morgan fingerprint density at radius 3 is 2.50 bits per heavy atom. The molecule has 0 unspecified atom stereocenters. The Morgan fingerprint density at radius 1 is 1.19 bits per heavy atom. The quantitative estimate of drug-likeness (QED) is 0.873. The van der Waals surface area contributed by atoms with Crippen LogP contribution in [0.1, 0.15) is 9.67 Å². The number of carbonyl (C=O) groups is 1. The van der Waals surface area contributed by atoms with Crippen molar-refractivity contribution < 1.29 is 18.7 Å². The van der Waals surface area contributed by atoms with Gasteiger partial charge < -0.3 is 5.11 Å². The predicted molar refractivity (Wildman–Crippen MR) is 56.6 cm³/mol. The van der Waals surface area contributed by atoms with Gasteiger partial charge in [0.15, 0.2) is 0 Å². The molecule has 0 aliphatic carbocycles. The van der Waals surface area contributed by atoms with E-state index in [4.69, 9.17) is 5.11 Å². The molecule has 2 nitrogen and oxygen atoms in total. The van der Waals surface area contributed by atoms with E-state index in [0.29, 0.717) is 4.88 Å². The number of hydrogen-bond acceptors (Lipinski definition) is 2. The third-order valence-electron chi connectivity index (χ3n) is 2.01. The van der Waals surface area contributed by atoms with E-state index in [-0.39, 0.29) is 10.4 Å². The second-order valence-corrected chi connectivity index (χ2v) is 4.18. The van der Waals surface area contributed by atoms with Crippen molar-refractivity contribution in [3.63, 3.8) is 0 Å². The van der Waals surface area contributed by atoms with Gasteiger partial charge in [-0.2, -0.15) is 0 Å². The first-order valence-corrected chi connectivity index (χ1v) is 5.18. The van der Waals surface area contributed by atoms with Crippen molar-refractivity contribution in [2.24, 2.45) is 0 Å². The summed E-state index contributed by atoms with van der Waals surface area (Å²) in [7, 11) is 0. The van der Waals surface area contributed by atoms with Gasteiger partial charge >= 0.3 is 5.97 Å². The van der Waals surface area contributed by atoms with Crippen LogP contribution >= 0.6 is 11.3 Å². The fourth-order valence-corrected chi connectivity index (χ4v) is 2.16. The molecule has 16 heavy (non-hydrogen) atoms. The van der Waals surface area contributed by atoms with Gasteiger partial charge in [-0.25, -0.2) is 13.6 Å². The van der Waals surface area contributed by atoms with Crippen LogP contribution in [0.15, 0.2) is 30.3 Å². The molecular weight excluding hydrogens is 234 g/mol. The SMILES string of the molecule is O=C(O)c1ccc(-c2ccc(F)cc2F)s1. The lowest BCUT2D eigenvalue weighted by Crippen LogP contribution is -1.89. The minimum absolute atomic E-state index is 0.124. The Labute approximate surface area is 93.8 Å². The van der Waals surface area contributed by atoms with Crippen LogP contribution in [0.5, 0.6) is 0 Å². The van der Waals surface area contributed by atoms with Crippen molar-refractivity contribution in [1.29, 1.82) is 0 Å². The van der Waals surface area contributed by atoms with Gasteiger partial charge in [0.2, 0.25) is 0 Å². The first kappa shape index (κ1) is 10.8. The summed E-state index contributed by atoms with van der Waals surface area (Å²) in [6, 6.07) is 6.10. The molecule has 2 aromatic rings. The van der Waals surface area contributed by atoms with Crippen molar-refractivity contribution in [1.82, 2.24) is 0 Å². The molecule has 5 heteroatoms. The first-order chi connectivity index (χ1) is 7.58. The highest BCUT2D eigenvalue weighted by atomic mass is 32.1. The highest BCUT2D eigenvalue weighted by molar-refractivity contribution is 7.17. The van der Waals surface area contributed by atoms with Gasteiger partial charge in [-0.05, 0) is 24.3 Å². The fourth-order valence-electron chi connectivity index (χ4n) is 1.29. The van der Waals surface area contributed by atoms with Crippen LogP contribution in [0.2, 0.25) is 0 Å². The highest BCUT2D eigenvalue weighted by Crippen LogP contribution is 2.30. The molecule has 1 heterocycles. The van der Waals surface area contributed by atoms with Crippen molar-refractivity contribution >= 4 is 17.3 Å². The van der Waals surface area contributed by atoms with E-state index in [1.807, 2.05) is 0 Å². The Kier molecular flexibility index (Phi) is 2.70. The predicted octanol–water partition coefficient (Wildman–Crippen LogP) is 3.39. The molecule has 0 saturated carbocycles. The molecule has 0 atom stereocenters. The summed E-state index contributed by atoms with van der Waals surface area (Å²) in [5, 5.41) is 8.72. The van der Waals surface area contributed by atoms with Crippen LogP contribution in [0.25, 0.3) is 10.4 Å². The Morgan fingerprint density at radius 2 is 1.94 bits per heavy atom. The molecule has 0 aliphatic heterocycles. The van der Waals surface area contributed by atoms with Crippen LogP contribution in [0.3, 0.4) is 0 Å². The monoisotopic (exact) mass is 240 g/mol. The van der Waals surface area contributed by atoms with Gasteiger partial charge in [-0.15, -0.1) is 11.3 Å². The summed E-state index contributed by atoms with van der Waals surface area (Å²) < 4.78 is 26.0. The average molecular weight is 240 g/mol. The smallest absolute Gasteiger partial charge is 0.345 e. The number of hydrogen-bond donors (Lipinski definition) is 1. The normalized spacial score (nSPS) is 10.4. The maximum Gasteiger partial charge on any atom is 0.345 e. The Bertz CT molecular complexity index is 549. The third kappa shape index (κ3) is 1.94. The Balaban J connectivity index is 2.46. The van der Waals surface area contributed by atoms with Crippen LogP contribution in [-0.2, 0) is 0 Å². The van der Waals surface area contributed by atoms with Gasteiger partial charge in [0.25, 0.3) is 0 Å². The zero-order valence-electron chi connectivity index (χ0n) is 7.91. The van der Waals surface area contributed by atoms with Gasteiger partial charge in [0, 0.05) is 16.5 Å². The topological polar surface area (TPSA) is 37.3 Å². The van der Waals surface area contributed by atoms with Crippen LogP contribution < -0.4 is 0 Å². The fraction of sp³-hybridized carbons (Fsp3) is 0. The zero-order chi connectivity index (χ0) is 11.7. The van der Waals surface area contributed by atoms with E-state index in [9.17, 15) is 13.6 Å². The van der Waals surface area contributed by atoms with Crippen molar-refractivity contribution in [2.75, 3.05) is 0 Å². The minimum Gasteiger partial charge on any atom is -0.477 e. The Hall–Kier alpha value is -1.75. The van der Waals surface area contributed by atoms with E-state index in [0.717, 1.165) is 23.5 Å². The van der Waals surface area contributed by atoms with Crippen molar-refractivity contribution in [3.05, 3.63) is 46.8 Å². The van der Waals surface area contributed by atoms with Crippen LogP contribution in [0.4, 0.5) is 8.78 Å². The van der Waals surface area contributed by atoms with Gasteiger partial charge in [0.1, 0.15) is 16.5 Å². The molecule has 0 radical (unpaired) electrons. The largest absolute Gasteiger partial charge is 0.477 e. The van der Waals surface area contributed by atoms with Crippen LogP contribution in [-0.4, -0.2) is 11.1 Å². The van der Waals surface area contributed by atoms with E-state index in [1.54, 1.807) is 0 Å². The van der Waals surface area contributed by atoms with E-state index in [1.165, 1.54) is 18.2 Å². The third-order valence-corrected chi connectivity index (χ3v) is 3.12. The van der Waals surface area contributed by atoms with E-state index < -0.39 is 17.6 Å². The molecule has 2 rings (SSSR count). The van der Waals surface area contributed by atoms with E-state index in [2.05, 4.69) is 0 Å². The van der Waals surface area contributed by atoms with E-state index >= 15 is 0 Å². The first-order valence-electron chi connectivity index (χ1n) is 4.36.